The molecule has 2 unspecified atom stereocenters. The molecule has 0 aliphatic carbocycles. The maximum absolute atomic E-state index is 13.3. The third kappa shape index (κ3) is 5.17. The maximum Gasteiger partial charge on any atom is 0.417 e. The van der Waals surface area contributed by atoms with Crippen LogP contribution in [0.4, 0.5) is 19.1 Å². The van der Waals surface area contributed by atoms with Crippen LogP contribution in [0.2, 0.25) is 0 Å². The van der Waals surface area contributed by atoms with Gasteiger partial charge < -0.3 is 19.9 Å². The minimum atomic E-state index is -4.55. The van der Waals surface area contributed by atoms with E-state index in [1.165, 1.54) is 12.4 Å². The number of aromatic amines is 1. The van der Waals surface area contributed by atoms with Crippen molar-refractivity contribution in [1.82, 2.24) is 29.8 Å². The zero-order chi connectivity index (χ0) is 26.2. The number of aromatic nitrogens is 5. The number of ether oxygens (including phenoxy) is 1. The van der Waals surface area contributed by atoms with Gasteiger partial charge in [0.1, 0.15) is 17.8 Å². The number of rotatable bonds is 6. The van der Waals surface area contributed by atoms with Gasteiger partial charge in [-0.05, 0) is 32.0 Å². The van der Waals surface area contributed by atoms with Crippen LogP contribution < -0.4 is 10.1 Å². The summed E-state index contributed by atoms with van der Waals surface area (Å²) in [6.45, 7) is 3.76. The van der Waals surface area contributed by atoms with Crippen molar-refractivity contribution in [1.29, 1.82) is 5.26 Å². The molecule has 1 aliphatic rings. The number of H-pyrrole nitrogens is 1. The van der Waals surface area contributed by atoms with E-state index in [1.807, 2.05) is 25.1 Å². The summed E-state index contributed by atoms with van der Waals surface area (Å²) in [5.41, 5.74) is 0.868. The fraction of sp³-hybridized carbons (Fsp3) is 0.320. The van der Waals surface area contributed by atoms with Crippen molar-refractivity contribution in [3.63, 3.8) is 0 Å². The van der Waals surface area contributed by atoms with Crippen molar-refractivity contribution in [2.45, 2.75) is 31.7 Å². The Balaban J connectivity index is 1.38. The molecule has 0 saturated carbocycles. The van der Waals surface area contributed by atoms with Crippen molar-refractivity contribution in [2.24, 2.45) is 0 Å². The van der Waals surface area contributed by atoms with E-state index in [0.717, 1.165) is 37.3 Å². The van der Waals surface area contributed by atoms with Gasteiger partial charge in [-0.25, -0.2) is 19.9 Å². The van der Waals surface area contributed by atoms with Gasteiger partial charge in [0, 0.05) is 48.7 Å². The quantitative estimate of drug-likeness (QED) is 0.390. The lowest BCUT2D eigenvalue weighted by atomic mass is 10.1. The van der Waals surface area contributed by atoms with Crippen molar-refractivity contribution < 1.29 is 17.9 Å². The molecule has 1 saturated heterocycles. The number of alkyl halides is 3. The lowest BCUT2D eigenvalue weighted by molar-refractivity contribution is -0.137. The van der Waals surface area contributed by atoms with Crippen LogP contribution in [-0.2, 0) is 6.18 Å². The number of hydrogen-bond acceptors (Lipinski definition) is 8. The predicted octanol–water partition coefficient (Wildman–Crippen LogP) is 4.56. The van der Waals surface area contributed by atoms with E-state index in [9.17, 15) is 18.4 Å². The van der Waals surface area contributed by atoms with Gasteiger partial charge in [0.05, 0.1) is 29.1 Å². The Morgan fingerprint density at radius 1 is 1.22 bits per heavy atom. The first-order valence-electron chi connectivity index (χ1n) is 11.6. The number of likely N-dealkylation sites (N-methyl/N-ethyl adjacent to an activating group) is 1. The Bertz CT molecular complexity index is 1460. The molecule has 2 N–H and O–H groups in total. The average Bonchev–Trinajstić information content (AvgIpc) is 3.49. The first kappa shape index (κ1) is 24.5. The van der Waals surface area contributed by atoms with Crippen LogP contribution in [0.3, 0.4) is 0 Å². The predicted molar refractivity (Wildman–Crippen MR) is 130 cm³/mol. The maximum atomic E-state index is 13.3. The molecule has 0 radical (unpaired) electrons. The molecule has 4 aromatic heterocycles. The van der Waals surface area contributed by atoms with Gasteiger partial charge in [-0.3, -0.25) is 0 Å². The van der Waals surface area contributed by atoms with Crippen molar-refractivity contribution in [3.8, 4) is 23.2 Å². The van der Waals surface area contributed by atoms with Gasteiger partial charge in [0.15, 0.2) is 0 Å². The molecule has 5 heterocycles. The molecule has 0 spiro atoms. The molecule has 0 bridgehead atoms. The Hall–Kier alpha value is -4.24. The second-order valence-corrected chi connectivity index (χ2v) is 8.97. The Morgan fingerprint density at radius 2 is 2.05 bits per heavy atom. The Morgan fingerprint density at radius 3 is 2.73 bits per heavy atom. The molecule has 1 aliphatic heterocycles. The fourth-order valence-electron chi connectivity index (χ4n) is 4.25. The molecule has 12 heteroatoms. The largest absolute Gasteiger partial charge is 0.473 e. The van der Waals surface area contributed by atoms with Gasteiger partial charge in [-0.2, -0.15) is 18.4 Å². The highest BCUT2D eigenvalue weighted by Crippen LogP contribution is 2.35. The van der Waals surface area contributed by atoms with Crippen molar-refractivity contribution in [3.05, 3.63) is 59.7 Å². The van der Waals surface area contributed by atoms with Crippen molar-refractivity contribution >= 4 is 17.0 Å². The summed E-state index contributed by atoms with van der Waals surface area (Å²) in [6, 6.07) is 6.46. The number of fused-ring (bicyclic) bond motifs is 1. The van der Waals surface area contributed by atoms with E-state index >= 15 is 0 Å². The molecule has 9 nitrogen and oxygen atoms in total. The normalized spacial score (nSPS) is 17.0. The van der Waals surface area contributed by atoms with Crippen LogP contribution in [0.25, 0.3) is 22.3 Å². The minimum absolute atomic E-state index is 0.122. The van der Waals surface area contributed by atoms with Gasteiger partial charge in [0.2, 0.25) is 11.8 Å². The highest BCUT2D eigenvalue weighted by molar-refractivity contribution is 5.94. The number of nitriles is 1. The lowest BCUT2D eigenvalue weighted by Crippen LogP contribution is -2.21. The zero-order valence-electron chi connectivity index (χ0n) is 20.0. The van der Waals surface area contributed by atoms with Crippen LogP contribution in [-0.4, -0.2) is 56.1 Å². The Labute approximate surface area is 210 Å². The molecular weight excluding hydrogens is 485 g/mol. The summed E-state index contributed by atoms with van der Waals surface area (Å²) in [7, 11) is 2.05. The third-order valence-corrected chi connectivity index (χ3v) is 6.26. The standard InChI is InChI=1S/C25H23F3N8O/c1-14(15-3-4-21(30-9-15)37-18-5-6-36(2)13-18)34-24-33-10-16(8-29)22(35-24)20-12-32-23-19(20)7-17(11-31-23)25(26,27)28/h3-4,7,9-12,14,18H,5-6,13H2,1-2H3,(H,31,32)(H,33,34,35). The highest BCUT2D eigenvalue weighted by Gasteiger charge is 2.32. The molecule has 1 fully saturated rings. The van der Waals surface area contributed by atoms with E-state index < -0.39 is 11.7 Å². The minimum Gasteiger partial charge on any atom is -0.473 e. The van der Waals surface area contributed by atoms with Gasteiger partial charge in [-0.15, -0.1) is 0 Å². The second-order valence-electron chi connectivity index (χ2n) is 8.97. The molecule has 2 atom stereocenters. The highest BCUT2D eigenvalue weighted by atomic mass is 19.4. The number of nitrogens with one attached hydrogen (secondary N) is 2. The fourth-order valence-corrected chi connectivity index (χ4v) is 4.25. The van der Waals surface area contributed by atoms with E-state index in [2.05, 4.69) is 42.2 Å². The zero-order valence-corrected chi connectivity index (χ0v) is 20.0. The monoisotopic (exact) mass is 508 g/mol. The summed E-state index contributed by atoms with van der Waals surface area (Å²) in [4.78, 5) is 22.0. The van der Waals surface area contributed by atoms with Gasteiger partial charge in [-0.1, -0.05) is 6.07 Å². The van der Waals surface area contributed by atoms with Crippen LogP contribution in [0.5, 0.6) is 5.88 Å². The van der Waals surface area contributed by atoms with Crippen molar-refractivity contribution in [2.75, 3.05) is 25.5 Å². The van der Waals surface area contributed by atoms with Crippen LogP contribution in [0, 0.1) is 11.3 Å². The van der Waals surface area contributed by atoms with Crippen LogP contribution in [0.1, 0.15) is 36.1 Å². The average molecular weight is 509 g/mol. The SMILES string of the molecule is CC(Nc1ncc(C#N)c(-c2c[nH]c3ncc(C(F)(F)F)cc23)n1)c1ccc(OC2CCN(C)C2)nc1. The van der Waals surface area contributed by atoms with Gasteiger partial charge >= 0.3 is 6.18 Å². The molecule has 190 valence electrons. The number of pyridine rings is 2. The number of nitrogens with zero attached hydrogens (tertiary/aromatic N) is 6. The summed E-state index contributed by atoms with van der Waals surface area (Å²) < 4.78 is 45.7. The topological polar surface area (TPSA) is 116 Å². The summed E-state index contributed by atoms with van der Waals surface area (Å²) in [5, 5.41) is 13.0. The van der Waals surface area contributed by atoms with E-state index in [4.69, 9.17) is 4.74 Å². The van der Waals surface area contributed by atoms with E-state index in [0.29, 0.717) is 11.4 Å². The molecule has 4 aromatic rings. The third-order valence-electron chi connectivity index (χ3n) is 6.26. The second kappa shape index (κ2) is 9.67. The number of likely N-dealkylation sites (tertiary alicyclic amines) is 1. The lowest BCUT2D eigenvalue weighted by Gasteiger charge is -2.16. The molecule has 5 rings (SSSR count). The van der Waals surface area contributed by atoms with E-state index in [1.54, 1.807) is 6.20 Å². The number of anilines is 1. The number of hydrogen-bond donors (Lipinski definition) is 2. The molecular formula is C25H23F3N8O. The molecule has 0 aromatic carbocycles. The number of halogens is 3. The van der Waals surface area contributed by atoms with E-state index in [-0.39, 0.29) is 40.4 Å². The molecule has 37 heavy (non-hydrogen) atoms. The first-order valence-corrected chi connectivity index (χ1v) is 11.6. The summed E-state index contributed by atoms with van der Waals surface area (Å²) in [6.07, 6.45) is 1.82. The van der Waals surface area contributed by atoms with Crippen LogP contribution >= 0.6 is 0 Å². The summed E-state index contributed by atoms with van der Waals surface area (Å²) in [5.74, 6) is 0.768. The summed E-state index contributed by atoms with van der Waals surface area (Å²) >= 11 is 0. The first-order chi connectivity index (χ1) is 17.7. The van der Waals surface area contributed by atoms with Gasteiger partial charge in [0.25, 0.3) is 0 Å². The Kier molecular flexibility index (Phi) is 6.39. The smallest absolute Gasteiger partial charge is 0.417 e. The van der Waals surface area contributed by atoms with Crippen LogP contribution in [0.15, 0.2) is 43.0 Å². The molecule has 0 amide bonds.